The van der Waals surface area contributed by atoms with Crippen molar-refractivity contribution in [2.75, 3.05) is 0 Å². The van der Waals surface area contributed by atoms with Crippen molar-refractivity contribution in [3.8, 4) is 0 Å². The Kier molecular flexibility index (Phi) is 1.92. The molecule has 1 aliphatic heterocycles. The van der Waals surface area contributed by atoms with Crippen LogP contribution in [0.2, 0.25) is 0 Å². The average Bonchev–Trinajstić information content (AvgIpc) is 3.17. The molecule has 0 N–H and O–H groups in total. The number of fused-ring (bicyclic) bond motifs is 9. The van der Waals surface area contributed by atoms with E-state index < -0.39 is 0 Å². The first-order valence-electron chi connectivity index (χ1n) is 8.20. The van der Waals surface area contributed by atoms with Gasteiger partial charge in [-0.2, -0.15) is 10.2 Å². The molecule has 5 rings (SSSR count). The van der Waals surface area contributed by atoms with Gasteiger partial charge in [0, 0.05) is 11.3 Å². The quantitative estimate of drug-likeness (QED) is 0.530. The normalized spacial score (nSPS) is 50.8. The van der Waals surface area contributed by atoms with Crippen LogP contribution in [0.3, 0.4) is 0 Å². The summed E-state index contributed by atoms with van der Waals surface area (Å²) >= 11 is 0. The van der Waals surface area contributed by atoms with Crippen molar-refractivity contribution in [3.63, 3.8) is 0 Å². The highest BCUT2D eigenvalue weighted by Crippen LogP contribution is 2.77. The molecule has 0 aromatic heterocycles. The molecule has 0 unspecified atom stereocenters. The molecular formula is C19H22N2. The fraction of sp³-hybridized carbons (Fsp3) is 0.579. The van der Waals surface area contributed by atoms with E-state index in [1.54, 1.807) is 0 Å². The molecule has 108 valence electrons. The van der Waals surface area contributed by atoms with E-state index in [2.05, 4.69) is 63.3 Å². The molecule has 1 heterocycles. The molecule has 2 heteroatoms. The lowest BCUT2D eigenvalue weighted by molar-refractivity contribution is 0.142. The Labute approximate surface area is 126 Å². The molecule has 1 aromatic carbocycles. The molecule has 3 aliphatic carbocycles. The summed E-state index contributed by atoms with van der Waals surface area (Å²) < 4.78 is 0. The van der Waals surface area contributed by atoms with E-state index in [9.17, 15) is 0 Å². The van der Waals surface area contributed by atoms with E-state index in [0.29, 0.717) is 23.7 Å². The number of hydrogen-bond acceptors (Lipinski definition) is 2. The van der Waals surface area contributed by atoms with Gasteiger partial charge in [0.25, 0.3) is 0 Å². The number of benzene rings is 1. The molecule has 2 nitrogen and oxygen atoms in total. The maximum Gasteiger partial charge on any atom is 0.118 e. The third-order valence-corrected chi connectivity index (χ3v) is 7.44. The molecule has 4 aliphatic rings. The minimum absolute atomic E-state index is 0.0162. The molecule has 0 amide bonds. The van der Waals surface area contributed by atoms with Crippen LogP contribution in [-0.2, 0) is 5.54 Å². The Morgan fingerprint density at radius 1 is 0.905 bits per heavy atom. The monoisotopic (exact) mass is 278 g/mol. The molecule has 0 spiro atoms. The van der Waals surface area contributed by atoms with Gasteiger partial charge in [-0.25, -0.2) is 0 Å². The van der Waals surface area contributed by atoms with Crippen LogP contribution >= 0.6 is 0 Å². The van der Waals surface area contributed by atoms with Gasteiger partial charge in [0.05, 0.1) is 5.54 Å². The Morgan fingerprint density at radius 3 is 2.29 bits per heavy atom. The average molecular weight is 278 g/mol. The summed E-state index contributed by atoms with van der Waals surface area (Å²) in [5.41, 5.74) is 1.31. The zero-order chi connectivity index (χ0) is 14.5. The minimum atomic E-state index is -0.127. The first-order chi connectivity index (χ1) is 10.0. The molecule has 4 bridgehead atoms. The Hall–Kier alpha value is -1.44. The van der Waals surface area contributed by atoms with Gasteiger partial charge in [-0.1, -0.05) is 56.3 Å². The summed E-state index contributed by atoms with van der Waals surface area (Å²) in [7, 11) is 0. The van der Waals surface area contributed by atoms with Gasteiger partial charge in [-0.05, 0) is 36.7 Å². The third kappa shape index (κ3) is 1.02. The van der Waals surface area contributed by atoms with Crippen LogP contribution in [0.15, 0.2) is 52.7 Å². The van der Waals surface area contributed by atoms with Crippen molar-refractivity contribution in [2.45, 2.75) is 38.3 Å². The van der Waals surface area contributed by atoms with E-state index >= 15 is 0 Å². The van der Waals surface area contributed by atoms with Crippen molar-refractivity contribution in [3.05, 3.63) is 48.0 Å². The van der Waals surface area contributed by atoms with Crippen molar-refractivity contribution < 1.29 is 0 Å². The molecule has 2 fully saturated rings. The predicted octanol–water partition coefficient (Wildman–Crippen LogP) is 4.58. The number of azo groups is 1. The van der Waals surface area contributed by atoms with Gasteiger partial charge in [0.2, 0.25) is 0 Å². The second-order valence-electron chi connectivity index (χ2n) is 8.10. The lowest BCUT2D eigenvalue weighted by Crippen LogP contribution is -2.45. The standard InChI is InChI=1S/C19H22N2/c1-17(2)18(3)15-12-9-10-13(11-12)16(15)19(17,21-20-18)14-7-5-4-6-8-14/h4-10,12-13,15-16H,11H2,1-3H3/t12-,13+,15+,16-,18+,19-/m0/s1. The lowest BCUT2D eigenvalue weighted by atomic mass is 9.62. The molecule has 0 saturated heterocycles. The summed E-state index contributed by atoms with van der Waals surface area (Å²) in [6.07, 6.45) is 6.24. The van der Waals surface area contributed by atoms with Crippen LogP contribution in [0.5, 0.6) is 0 Å². The second-order valence-corrected chi connectivity index (χ2v) is 8.10. The summed E-state index contributed by atoms with van der Waals surface area (Å²) in [5, 5.41) is 9.87. The number of allylic oxidation sites excluding steroid dienone is 2. The number of nitrogens with zero attached hydrogens (tertiary/aromatic N) is 2. The first kappa shape index (κ1) is 12.1. The van der Waals surface area contributed by atoms with Crippen LogP contribution in [0.4, 0.5) is 0 Å². The molecule has 0 radical (unpaired) electrons. The number of hydrogen-bond donors (Lipinski definition) is 0. The smallest absolute Gasteiger partial charge is 0.118 e. The Bertz CT molecular complexity index is 674. The minimum Gasteiger partial charge on any atom is -0.186 e. The Balaban J connectivity index is 1.81. The van der Waals surface area contributed by atoms with Crippen molar-refractivity contribution in [2.24, 2.45) is 39.3 Å². The largest absolute Gasteiger partial charge is 0.186 e. The van der Waals surface area contributed by atoms with E-state index in [0.717, 1.165) is 0 Å². The summed E-state index contributed by atoms with van der Waals surface area (Å²) in [6, 6.07) is 10.9. The van der Waals surface area contributed by atoms with Crippen LogP contribution in [0.1, 0.15) is 32.8 Å². The highest BCUT2D eigenvalue weighted by Gasteiger charge is 2.79. The molecule has 21 heavy (non-hydrogen) atoms. The maximum absolute atomic E-state index is 4.98. The molecule has 1 aromatic rings. The van der Waals surface area contributed by atoms with E-state index in [1.165, 1.54) is 12.0 Å². The lowest BCUT2D eigenvalue weighted by Gasteiger charge is -2.41. The van der Waals surface area contributed by atoms with Gasteiger partial charge in [-0.3, -0.25) is 0 Å². The van der Waals surface area contributed by atoms with E-state index in [1.807, 2.05) is 0 Å². The fourth-order valence-electron chi connectivity index (χ4n) is 6.25. The summed E-state index contributed by atoms with van der Waals surface area (Å²) in [4.78, 5) is 0. The zero-order valence-corrected chi connectivity index (χ0v) is 13.0. The van der Waals surface area contributed by atoms with Crippen LogP contribution in [0, 0.1) is 29.1 Å². The van der Waals surface area contributed by atoms with E-state index in [-0.39, 0.29) is 16.5 Å². The number of rotatable bonds is 1. The molecule has 6 atom stereocenters. The maximum atomic E-state index is 4.98. The van der Waals surface area contributed by atoms with Crippen LogP contribution in [0.25, 0.3) is 0 Å². The first-order valence-corrected chi connectivity index (χ1v) is 8.20. The predicted molar refractivity (Wildman–Crippen MR) is 82.9 cm³/mol. The van der Waals surface area contributed by atoms with E-state index in [4.69, 9.17) is 10.2 Å². The highest BCUT2D eigenvalue weighted by atomic mass is 15.3. The van der Waals surface area contributed by atoms with Gasteiger partial charge in [0.15, 0.2) is 0 Å². The van der Waals surface area contributed by atoms with Crippen molar-refractivity contribution in [1.82, 2.24) is 0 Å². The van der Waals surface area contributed by atoms with Gasteiger partial charge < -0.3 is 0 Å². The third-order valence-electron chi connectivity index (χ3n) is 7.44. The van der Waals surface area contributed by atoms with Crippen molar-refractivity contribution >= 4 is 0 Å². The van der Waals surface area contributed by atoms with Gasteiger partial charge in [-0.15, -0.1) is 0 Å². The molecular weight excluding hydrogens is 256 g/mol. The summed E-state index contributed by atoms with van der Waals surface area (Å²) in [6.45, 7) is 7.16. The zero-order valence-electron chi connectivity index (χ0n) is 13.0. The second kappa shape index (κ2) is 3.31. The SMILES string of the molecule is CC1(C)[C@]2(C)N=N[C@@]1(c1ccccc1)[C@@H]1[C@H]2[C@H]2C=C[C@@H]1C2. The van der Waals surface area contributed by atoms with Crippen LogP contribution in [-0.4, -0.2) is 5.54 Å². The topological polar surface area (TPSA) is 24.7 Å². The van der Waals surface area contributed by atoms with Gasteiger partial charge >= 0.3 is 0 Å². The summed E-state index contributed by atoms with van der Waals surface area (Å²) in [5.74, 6) is 2.71. The highest BCUT2D eigenvalue weighted by molar-refractivity contribution is 5.43. The van der Waals surface area contributed by atoms with Crippen molar-refractivity contribution in [1.29, 1.82) is 0 Å². The Morgan fingerprint density at radius 2 is 1.57 bits per heavy atom. The molecule has 2 saturated carbocycles. The fourth-order valence-corrected chi connectivity index (χ4v) is 6.25. The van der Waals surface area contributed by atoms with Gasteiger partial charge in [0.1, 0.15) is 5.54 Å². The van der Waals surface area contributed by atoms with Crippen LogP contribution < -0.4 is 0 Å².